The first-order valence-electron chi connectivity index (χ1n) is 6.51. The third kappa shape index (κ3) is 4.16. The van der Waals surface area contributed by atoms with Gasteiger partial charge in [0.25, 0.3) is 0 Å². The third-order valence-corrected chi connectivity index (χ3v) is 4.18. The Morgan fingerprint density at radius 3 is 2.75 bits per heavy atom. The minimum absolute atomic E-state index is 0.00521. The lowest BCUT2D eigenvalue weighted by molar-refractivity contribution is -0.141. The Balaban J connectivity index is 2.11. The summed E-state index contributed by atoms with van der Waals surface area (Å²) in [5.41, 5.74) is -0.924. The van der Waals surface area contributed by atoms with Crippen LogP contribution in [0.4, 0.5) is 24.9 Å². The lowest BCUT2D eigenvalue weighted by atomic mass is 10.1. The van der Waals surface area contributed by atoms with Crippen LogP contribution in [0.25, 0.3) is 0 Å². The fraction of sp³-hybridized carbons (Fsp3) is 0.667. The fourth-order valence-corrected chi connectivity index (χ4v) is 3.20. The van der Waals surface area contributed by atoms with E-state index in [0.29, 0.717) is 19.0 Å². The summed E-state index contributed by atoms with van der Waals surface area (Å²) in [6, 6.07) is 0.961. The molecule has 0 radical (unpaired) electrons. The number of thioether (sulfide) groups is 1. The highest BCUT2D eigenvalue weighted by molar-refractivity contribution is 7.99. The second kappa shape index (κ2) is 6.51. The summed E-state index contributed by atoms with van der Waals surface area (Å²) in [5.74, 6) is 2.88. The number of aromatic nitrogens is 2. The van der Waals surface area contributed by atoms with E-state index in [2.05, 4.69) is 20.6 Å². The number of halogens is 3. The van der Waals surface area contributed by atoms with Gasteiger partial charge in [0, 0.05) is 19.2 Å². The van der Waals surface area contributed by atoms with E-state index in [-0.39, 0.29) is 11.8 Å². The van der Waals surface area contributed by atoms with Crippen LogP contribution in [-0.4, -0.2) is 34.6 Å². The number of hydrogen-bond donors (Lipinski definition) is 2. The van der Waals surface area contributed by atoms with Crippen LogP contribution in [0.5, 0.6) is 0 Å². The summed E-state index contributed by atoms with van der Waals surface area (Å²) >= 11 is 1.87. The Hall–Kier alpha value is -1.18. The SMILES string of the molecule is CCNc1nc(NCC2CCSC2)cc(C(F)(F)F)n1. The molecule has 1 aromatic rings. The van der Waals surface area contributed by atoms with Gasteiger partial charge in [-0.3, -0.25) is 0 Å². The summed E-state index contributed by atoms with van der Waals surface area (Å²) in [5, 5.41) is 5.72. The summed E-state index contributed by atoms with van der Waals surface area (Å²) in [6.07, 6.45) is -3.37. The molecule has 1 unspecified atom stereocenters. The Morgan fingerprint density at radius 1 is 1.35 bits per heavy atom. The topological polar surface area (TPSA) is 49.8 Å². The van der Waals surface area contributed by atoms with E-state index in [1.165, 1.54) is 0 Å². The van der Waals surface area contributed by atoms with Crippen LogP contribution < -0.4 is 10.6 Å². The second-order valence-electron chi connectivity index (χ2n) is 4.60. The van der Waals surface area contributed by atoms with E-state index >= 15 is 0 Å². The number of nitrogens with one attached hydrogen (secondary N) is 2. The molecule has 2 N–H and O–H groups in total. The third-order valence-electron chi connectivity index (χ3n) is 2.95. The van der Waals surface area contributed by atoms with Gasteiger partial charge in [-0.2, -0.15) is 29.9 Å². The second-order valence-corrected chi connectivity index (χ2v) is 5.75. The van der Waals surface area contributed by atoms with E-state index < -0.39 is 11.9 Å². The van der Waals surface area contributed by atoms with Gasteiger partial charge in [-0.1, -0.05) is 0 Å². The molecule has 20 heavy (non-hydrogen) atoms. The maximum absolute atomic E-state index is 12.8. The number of anilines is 2. The molecule has 2 rings (SSSR count). The molecule has 1 fully saturated rings. The number of hydrogen-bond acceptors (Lipinski definition) is 5. The van der Waals surface area contributed by atoms with Crippen LogP contribution in [0.3, 0.4) is 0 Å². The lowest BCUT2D eigenvalue weighted by Crippen LogP contribution is -2.17. The smallest absolute Gasteiger partial charge is 0.370 e. The molecule has 1 aliphatic rings. The zero-order valence-electron chi connectivity index (χ0n) is 11.1. The number of nitrogens with zero attached hydrogens (tertiary/aromatic N) is 2. The van der Waals surface area contributed by atoms with Crippen LogP contribution in [-0.2, 0) is 6.18 Å². The molecule has 1 atom stereocenters. The zero-order valence-corrected chi connectivity index (χ0v) is 11.9. The molecule has 1 aromatic heterocycles. The van der Waals surface area contributed by atoms with Crippen molar-refractivity contribution >= 4 is 23.5 Å². The monoisotopic (exact) mass is 306 g/mol. The summed E-state index contributed by atoms with van der Waals surface area (Å²) in [4.78, 5) is 7.54. The molecule has 8 heteroatoms. The predicted octanol–water partition coefficient (Wildman–Crippen LogP) is 3.09. The van der Waals surface area contributed by atoms with Crippen molar-refractivity contribution in [1.82, 2.24) is 9.97 Å². The Kier molecular flexibility index (Phi) is 4.95. The van der Waals surface area contributed by atoms with Crippen molar-refractivity contribution in [3.05, 3.63) is 11.8 Å². The normalized spacial score (nSPS) is 19.1. The molecule has 0 aromatic carbocycles. The highest BCUT2D eigenvalue weighted by Crippen LogP contribution is 2.30. The van der Waals surface area contributed by atoms with E-state index in [4.69, 9.17) is 0 Å². The van der Waals surface area contributed by atoms with Gasteiger partial charge in [-0.15, -0.1) is 0 Å². The molecule has 0 amide bonds. The van der Waals surface area contributed by atoms with Crippen molar-refractivity contribution in [2.45, 2.75) is 19.5 Å². The molecule has 2 heterocycles. The first-order chi connectivity index (χ1) is 9.49. The number of rotatable bonds is 5. The van der Waals surface area contributed by atoms with Crippen molar-refractivity contribution in [2.24, 2.45) is 5.92 Å². The first kappa shape index (κ1) is 15.2. The molecule has 0 aliphatic carbocycles. The highest BCUT2D eigenvalue weighted by Gasteiger charge is 2.33. The van der Waals surface area contributed by atoms with Gasteiger partial charge in [0.1, 0.15) is 5.82 Å². The van der Waals surface area contributed by atoms with Gasteiger partial charge >= 0.3 is 6.18 Å². The van der Waals surface area contributed by atoms with E-state index in [1.54, 1.807) is 6.92 Å². The van der Waals surface area contributed by atoms with Crippen molar-refractivity contribution in [3.8, 4) is 0 Å². The standard InChI is InChI=1S/C12H17F3N4S/c1-2-16-11-18-9(12(13,14)15)5-10(19-11)17-6-8-3-4-20-7-8/h5,8H,2-4,6-7H2,1H3,(H2,16,17,18,19). The van der Waals surface area contributed by atoms with Gasteiger partial charge in [0.05, 0.1) is 0 Å². The van der Waals surface area contributed by atoms with E-state index in [1.807, 2.05) is 11.8 Å². The molecular weight excluding hydrogens is 289 g/mol. The van der Waals surface area contributed by atoms with E-state index in [9.17, 15) is 13.2 Å². The molecular formula is C12H17F3N4S. The number of alkyl halides is 3. The van der Waals surface area contributed by atoms with E-state index in [0.717, 1.165) is 24.0 Å². The lowest BCUT2D eigenvalue weighted by Gasteiger charge is -2.14. The summed E-state index contributed by atoms with van der Waals surface area (Å²) in [6.45, 7) is 2.90. The molecule has 4 nitrogen and oxygen atoms in total. The van der Waals surface area contributed by atoms with Crippen LogP contribution in [0.15, 0.2) is 6.07 Å². The van der Waals surface area contributed by atoms with Gasteiger partial charge in [0.15, 0.2) is 5.69 Å². The largest absolute Gasteiger partial charge is 0.433 e. The van der Waals surface area contributed by atoms with Crippen LogP contribution in [0, 0.1) is 5.92 Å². The average Bonchev–Trinajstić information content (AvgIpc) is 2.88. The Labute approximate surface area is 120 Å². The van der Waals surface area contributed by atoms with Gasteiger partial charge in [-0.25, -0.2) is 4.98 Å². The molecule has 1 aliphatic heterocycles. The van der Waals surface area contributed by atoms with Crippen molar-refractivity contribution in [2.75, 3.05) is 35.2 Å². The quantitative estimate of drug-likeness (QED) is 0.875. The van der Waals surface area contributed by atoms with Crippen molar-refractivity contribution in [3.63, 3.8) is 0 Å². The minimum atomic E-state index is -4.47. The van der Waals surface area contributed by atoms with Crippen LogP contribution >= 0.6 is 11.8 Å². The molecule has 0 saturated carbocycles. The minimum Gasteiger partial charge on any atom is -0.370 e. The predicted molar refractivity (Wildman–Crippen MR) is 75.1 cm³/mol. The zero-order chi connectivity index (χ0) is 14.6. The molecule has 112 valence electrons. The average molecular weight is 306 g/mol. The summed E-state index contributed by atoms with van der Waals surface area (Å²) < 4.78 is 38.3. The Bertz CT molecular complexity index is 447. The summed E-state index contributed by atoms with van der Waals surface area (Å²) in [7, 11) is 0. The fourth-order valence-electron chi connectivity index (χ4n) is 1.91. The molecule has 0 spiro atoms. The Morgan fingerprint density at radius 2 is 2.15 bits per heavy atom. The molecule has 1 saturated heterocycles. The van der Waals surface area contributed by atoms with Gasteiger partial charge in [-0.05, 0) is 30.8 Å². The van der Waals surface area contributed by atoms with Gasteiger partial charge in [0.2, 0.25) is 5.95 Å². The van der Waals surface area contributed by atoms with Crippen molar-refractivity contribution < 1.29 is 13.2 Å². The maximum atomic E-state index is 12.8. The van der Waals surface area contributed by atoms with Crippen LogP contribution in [0.2, 0.25) is 0 Å². The molecule has 0 bridgehead atoms. The maximum Gasteiger partial charge on any atom is 0.433 e. The highest BCUT2D eigenvalue weighted by atomic mass is 32.2. The first-order valence-corrected chi connectivity index (χ1v) is 7.66. The van der Waals surface area contributed by atoms with Crippen molar-refractivity contribution in [1.29, 1.82) is 0 Å². The van der Waals surface area contributed by atoms with Gasteiger partial charge < -0.3 is 10.6 Å². The van der Waals surface area contributed by atoms with Crippen LogP contribution in [0.1, 0.15) is 19.0 Å².